The maximum atomic E-state index is 12.1. The molecule has 0 spiro atoms. The highest BCUT2D eigenvalue weighted by atomic mass is 35.5. The number of hydrogen-bond donors (Lipinski definition) is 1. The van der Waals surface area contributed by atoms with Crippen molar-refractivity contribution < 1.29 is 9.59 Å². The number of thiophene rings is 1. The quantitative estimate of drug-likeness (QED) is 0.940. The third kappa shape index (κ3) is 2.66. The van der Waals surface area contributed by atoms with Crippen molar-refractivity contribution in [2.45, 2.75) is 13.3 Å². The summed E-state index contributed by atoms with van der Waals surface area (Å²) in [4.78, 5) is 26.2. The highest BCUT2D eigenvalue weighted by Crippen LogP contribution is 2.31. The zero-order valence-electron chi connectivity index (χ0n) is 11.4. The zero-order valence-corrected chi connectivity index (χ0v) is 12.9. The van der Waals surface area contributed by atoms with Gasteiger partial charge in [-0.25, -0.2) is 0 Å². The van der Waals surface area contributed by atoms with Gasteiger partial charge in [-0.3, -0.25) is 9.59 Å². The Balaban J connectivity index is 1.81. The van der Waals surface area contributed by atoms with Crippen LogP contribution in [0.3, 0.4) is 0 Å². The normalized spacial score (nSPS) is 13.4. The lowest BCUT2D eigenvalue weighted by Crippen LogP contribution is -2.25. The number of anilines is 2. The van der Waals surface area contributed by atoms with Gasteiger partial charge in [-0.15, -0.1) is 11.3 Å². The first-order valence-electron chi connectivity index (χ1n) is 6.58. The van der Waals surface area contributed by atoms with Gasteiger partial charge in [-0.1, -0.05) is 11.6 Å². The average molecular weight is 321 g/mol. The molecule has 108 valence electrons. The number of fused-ring (bicyclic) bond motifs is 1. The summed E-state index contributed by atoms with van der Waals surface area (Å²) in [6, 6.07) is 8.93. The van der Waals surface area contributed by atoms with Crippen molar-refractivity contribution in [3.05, 3.63) is 45.1 Å². The van der Waals surface area contributed by atoms with Crippen LogP contribution in [0.4, 0.5) is 11.4 Å². The Bertz CT molecular complexity index is 726. The molecule has 1 aromatic heterocycles. The highest BCUT2D eigenvalue weighted by Gasteiger charge is 2.26. The number of benzene rings is 1. The predicted molar refractivity (Wildman–Crippen MR) is 85.5 cm³/mol. The fraction of sp³-hybridized carbons (Fsp3) is 0.200. The summed E-state index contributed by atoms with van der Waals surface area (Å²) in [5.41, 5.74) is 2.57. The van der Waals surface area contributed by atoms with E-state index in [4.69, 9.17) is 11.6 Å². The number of hydrogen-bond acceptors (Lipinski definition) is 3. The van der Waals surface area contributed by atoms with E-state index in [9.17, 15) is 9.59 Å². The third-order valence-corrected chi connectivity index (χ3v) is 4.61. The van der Waals surface area contributed by atoms with Crippen molar-refractivity contribution in [1.29, 1.82) is 0 Å². The Kier molecular flexibility index (Phi) is 3.69. The topological polar surface area (TPSA) is 49.4 Å². The molecule has 1 aliphatic heterocycles. The Morgan fingerprint density at radius 3 is 2.86 bits per heavy atom. The van der Waals surface area contributed by atoms with Gasteiger partial charge in [0.2, 0.25) is 5.91 Å². The summed E-state index contributed by atoms with van der Waals surface area (Å²) in [6.07, 6.45) is 0.387. The van der Waals surface area contributed by atoms with Crippen molar-refractivity contribution in [1.82, 2.24) is 0 Å². The molecule has 1 aromatic carbocycles. The average Bonchev–Trinajstić information content (AvgIpc) is 3.01. The Morgan fingerprint density at radius 1 is 1.38 bits per heavy atom. The SMILES string of the molecule is CCN1C(=O)Cc2cc(NC(=O)c3ccc(Cl)s3)ccc21. The van der Waals surface area contributed by atoms with Gasteiger partial charge in [0.25, 0.3) is 5.91 Å². The Morgan fingerprint density at radius 2 is 2.19 bits per heavy atom. The van der Waals surface area contributed by atoms with Gasteiger partial charge in [0.15, 0.2) is 0 Å². The van der Waals surface area contributed by atoms with Gasteiger partial charge >= 0.3 is 0 Å². The molecule has 0 aliphatic carbocycles. The van der Waals surface area contributed by atoms with E-state index in [1.54, 1.807) is 17.0 Å². The predicted octanol–water partition coefficient (Wildman–Crippen LogP) is 3.56. The van der Waals surface area contributed by atoms with E-state index in [1.165, 1.54) is 11.3 Å². The van der Waals surface area contributed by atoms with Gasteiger partial charge in [-0.2, -0.15) is 0 Å². The minimum atomic E-state index is -0.191. The van der Waals surface area contributed by atoms with Gasteiger partial charge in [-0.05, 0) is 42.8 Å². The summed E-state index contributed by atoms with van der Waals surface area (Å²) in [5, 5.41) is 2.83. The third-order valence-electron chi connectivity index (χ3n) is 3.38. The second-order valence-corrected chi connectivity index (χ2v) is 6.43. The highest BCUT2D eigenvalue weighted by molar-refractivity contribution is 7.18. The zero-order chi connectivity index (χ0) is 15.0. The summed E-state index contributed by atoms with van der Waals surface area (Å²) < 4.78 is 0.582. The van der Waals surface area contributed by atoms with Crippen molar-refractivity contribution in [3.63, 3.8) is 0 Å². The molecular formula is C15H13ClN2O2S. The molecule has 3 rings (SSSR count). The number of carbonyl (C=O) groups is 2. The summed E-state index contributed by atoms with van der Waals surface area (Å²) in [6.45, 7) is 2.61. The van der Waals surface area contributed by atoms with E-state index < -0.39 is 0 Å². The van der Waals surface area contributed by atoms with E-state index in [-0.39, 0.29) is 11.8 Å². The molecule has 0 fully saturated rings. The van der Waals surface area contributed by atoms with E-state index in [1.807, 2.05) is 25.1 Å². The summed E-state index contributed by atoms with van der Waals surface area (Å²) >= 11 is 7.06. The Labute approximate surface area is 131 Å². The first-order chi connectivity index (χ1) is 10.1. The first kappa shape index (κ1) is 14.1. The molecule has 2 heterocycles. The van der Waals surface area contributed by atoms with Gasteiger partial charge in [0.05, 0.1) is 15.6 Å². The number of rotatable bonds is 3. The molecule has 1 aliphatic rings. The van der Waals surface area contributed by atoms with Crippen LogP contribution in [0.25, 0.3) is 0 Å². The van der Waals surface area contributed by atoms with Crippen LogP contribution in [0.1, 0.15) is 22.2 Å². The molecule has 0 bridgehead atoms. The standard InChI is InChI=1S/C15H13ClN2O2S/c1-2-18-11-4-3-10(7-9(11)8-14(18)19)17-15(20)12-5-6-13(16)21-12/h3-7H,2,8H2,1H3,(H,17,20). The molecule has 0 unspecified atom stereocenters. The number of likely N-dealkylation sites (N-methyl/N-ethyl adjacent to an activating group) is 1. The van der Waals surface area contributed by atoms with Crippen molar-refractivity contribution in [2.24, 2.45) is 0 Å². The van der Waals surface area contributed by atoms with Crippen molar-refractivity contribution in [3.8, 4) is 0 Å². The lowest BCUT2D eigenvalue weighted by Gasteiger charge is -2.14. The fourth-order valence-electron chi connectivity index (χ4n) is 2.44. The number of nitrogens with one attached hydrogen (secondary N) is 1. The van der Waals surface area contributed by atoms with E-state index in [0.717, 1.165) is 11.3 Å². The first-order valence-corrected chi connectivity index (χ1v) is 7.78. The van der Waals surface area contributed by atoms with E-state index >= 15 is 0 Å². The summed E-state index contributed by atoms with van der Waals surface area (Å²) in [5.74, 6) is -0.0930. The van der Waals surface area contributed by atoms with Crippen LogP contribution in [0.2, 0.25) is 4.34 Å². The molecule has 6 heteroatoms. The van der Waals surface area contributed by atoms with E-state index in [2.05, 4.69) is 5.32 Å². The van der Waals surface area contributed by atoms with Crippen LogP contribution < -0.4 is 10.2 Å². The second kappa shape index (κ2) is 5.50. The monoisotopic (exact) mass is 320 g/mol. The number of amides is 2. The Hall–Kier alpha value is -1.85. The minimum absolute atomic E-state index is 0.0982. The van der Waals surface area contributed by atoms with Crippen LogP contribution in [0.5, 0.6) is 0 Å². The number of nitrogens with zero attached hydrogens (tertiary/aromatic N) is 1. The van der Waals surface area contributed by atoms with Crippen LogP contribution in [0, 0.1) is 0 Å². The largest absolute Gasteiger partial charge is 0.321 e. The second-order valence-electron chi connectivity index (χ2n) is 4.72. The van der Waals surface area contributed by atoms with Crippen molar-refractivity contribution >= 4 is 46.1 Å². The van der Waals surface area contributed by atoms with Gasteiger partial charge < -0.3 is 10.2 Å². The molecule has 21 heavy (non-hydrogen) atoms. The molecule has 2 aromatic rings. The molecule has 0 saturated carbocycles. The number of carbonyl (C=O) groups excluding carboxylic acids is 2. The number of halogens is 1. The molecule has 1 N–H and O–H groups in total. The van der Waals surface area contributed by atoms with Gasteiger partial charge in [0, 0.05) is 17.9 Å². The molecule has 0 atom stereocenters. The lowest BCUT2D eigenvalue weighted by molar-refractivity contribution is -0.117. The fourth-order valence-corrected chi connectivity index (χ4v) is 3.37. The minimum Gasteiger partial charge on any atom is -0.321 e. The summed E-state index contributed by atoms with van der Waals surface area (Å²) in [7, 11) is 0. The maximum Gasteiger partial charge on any atom is 0.265 e. The molecule has 4 nitrogen and oxygen atoms in total. The van der Waals surface area contributed by atoms with Crippen LogP contribution >= 0.6 is 22.9 Å². The van der Waals surface area contributed by atoms with Crippen LogP contribution in [0.15, 0.2) is 30.3 Å². The molecule has 0 saturated heterocycles. The van der Waals surface area contributed by atoms with Crippen LogP contribution in [-0.4, -0.2) is 18.4 Å². The smallest absolute Gasteiger partial charge is 0.265 e. The lowest BCUT2D eigenvalue weighted by atomic mass is 10.1. The van der Waals surface area contributed by atoms with Gasteiger partial charge in [0.1, 0.15) is 0 Å². The maximum absolute atomic E-state index is 12.1. The molecular weight excluding hydrogens is 308 g/mol. The molecule has 0 radical (unpaired) electrons. The van der Waals surface area contributed by atoms with Crippen LogP contribution in [-0.2, 0) is 11.2 Å². The van der Waals surface area contributed by atoms with E-state index in [0.29, 0.717) is 27.9 Å². The molecule has 2 amide bonds. The van der Waals surface area contributed by atoms with Crippen molar-refractivity contribution in [2.75, 3.05) is 16.8 Å².